The second-order valence-electron chi connectivity index (χ2n) is 6.13. The Bertz CT molecular complexity index is 384. The topological polar surface area (TPSA) is 75.6 Å². The standard InChI is InChI=1S/C15H25NO4/c1-3-12-11(7-9-20-12)13(17)16-15(14(18)19)8-5-4-6-10(15)2/h10-12H,3-9H2,1-2H3,(H,16,17)(H,18,19). The van der Waals surface area contributed by atoms with E-state index < -0.39 is 11.5 Å². The van der Waals surface area contributed by atoms with Gasteiger partial charge in [-0.25, -0.2) is 4.79 Å². The minimum absolute atomic E-state index is 0.0277. The molecule has 20 heavy (non-hydrogen) atoms. The van der Waals surface area contributed by atoms with Gasteiger partial charge in [-0.2, -0.15) is 0 Å². The lowest BCUT2D eigenvalue weighted by Crippen LogP contribution is -2.61. The van der Waals surface area contributed by atoms with Crippen molar-refractivity contribution in [1.82, 2.24) is 5.32 Å². The SMILES string of the molecule is CCC1OCCC1C(=O)NC1(C(=O)O)CCCCC1C. The first-order valence-electron chi connectivity index (χ1n) is 7.68. The van der Waals surface area contributed by atoms with Crippen molar-refractivity contribution >= 4 is 11.9 Å². The lowest BCUT2D eigenvalue weighted by molar-refractivity contribution is -0.153. The average Bonchev–Trinajstić information content (AvgIpc) is 2.89. The van der Waals surface area contributed by atoms with Gasteiger partial charge in [-0.3, -0.25) is 4.79 Å². The van der Waals surface area contributed by atoms with E-state index in [1.807, 2.05) is 13.8 Å². The van der Waals surface area contributed by atoms with Crippen LogP contribution in [0.1, 0.15) is 52.4 Å². The molecule has 0 aromatic carbocycles. The molecule has 2 rings (SSSR count). The third-order valence-electron chi connectivity index (χ3n) is 4.98. The van der Waals surface area contributed by atoms with Gasteiger partial charge in [0.05, 0.1) is 12.0 Å². The molecule has 2 aliphatic rings. The van der Waals surface area contributed by atoms with Gasteiger partial charge in [0.25, 0.3) is 0 Å². The molecule has 1 saturated carbocycles. The van der Waals surface area contributed by atoms with Crippen LogP contribution in [0, 0.1) is 11.8 Å². The van der Waals surface area contributed by atoms with Gasteiger partial charge in [0, 0.05) is 6.61 Å². The molecule has 0 spiro atoms. The molecular weight excluding hydrogens is 258 g/mol. The predicted molar refractivity (Wildman–Crippen MR) is 74.3 cm³/mol. The Labute approximate surface area is 120 Å². The highest BCUT2D eigenvalue weighted by atomic mass is 16.5. The van der Waals surface area contributed by atoms with Crippen LogP contribution in [0.25, 0.3) is 0 Å². The van der Waals surface area contributed by atoms with Gasteiger partial charge in [0.15, 0.2) is 0 Å². The third kappa shape index (κ3) is 2.68. The zero-order valence-corrected chi connectivity index (χ0v) is 12.4. The molecule has 1 heterocycles. The molecule has 1 saturated heterocycles. The first-order chi connectivity index (χ1) is 9.51. The maximum absolute atomic E-state index is 12.5. The molecule has 1 amide bonds. The van der Waals surface area contributed by atoms with Crippen LogP contribution in [0.3, 0.4) is 0 Å². The highest BCUT2D eigenvalue weighted by Crippen LogP contribution is 2.35. The Hall–Kier alpha value is -1.10. The van der Waals surface area contributed by atoms with Crippen LogP contribution in [0.15, 0.2) is 0 Å². The van der Waals surface area contributed by atoms with E-state index in [0.29, 0.717) is 19.4 Å². The summed E-state index contributed by atoms with van der Waals surface area (Å²) in [7, 11) is 0. The number of ether oxygens (including phenoxy) is 1. The molecule has 5 nitrogen and oxygen atoms in total. The fourth-order valence-corrected chi connectivity index (χ4v) is 3.57. The summed E-state index contributed by atoms with van der Waals surface area (Å²) in [5, 5.41) is 12.5. The number of rotatable bonds is 4. The minimum atomic E-state index is -1.09. The number of carboxylic acid groups (broad SMARTS) is 1. The second-order valence-corrected chi connectivity index (χ2v) is 6.13. The van der Waals surface area contributed by atoms with Crippen molar-refractivity contribution in [3.05, 3.63) is 0 Å². The fourth-order valence-electron chi connectivity index (χ4n) is 3.57. The smallest absolute Gasteiger partial charge is 0.329 e. The van der Waals surface area contributed by atoms with Crippen molar-refractivity contribution < 1.29 is 19.4 Å². The van der Waals surface area contributed by atoms with Crippen molar-refractivity contribution in [3.63, 3.8) is 0 Å². The summed E-state index contributed by atoms with van der Waals surface area (Å²) < 4.78 is 5.54. The van der Waals surface area contributed by atoms with Gasteiger partial charge in [0.1, 0.15) is 5.54 Å². The van der Waals surface area contributed by atoms with E-state index in [-0.39, 0.29) is 23.8 Å². The third-order valence-corrected chi connectivity index (χ3v) is 4.98. The molecule has 0 radical (unpaired) electrons. The zero-order valence-electron chi connectivity index (χ0n) is 12.4. The molecule has 1 aliphatic carbocycles. The molecule has 0 aromatic heterocycles. The van der Waals surface area contributed by atoms with E-state index in [2.05, 4.69) is 5.32 Å². The average molecular weight is 283 g/mol. The molecule has 0 aromatic rings. The number of carboxylic acids is 1. The van der Waals surface area contributed by atoms with Crippen LogP contribution < -0.4 is 5.32 Å². The monoisotopic (exact) mass is 283 g/mol. The lowest BCUT2D eigenvalue weighted by atomic mass is 9.73. The minimum Gasteiger partial charge on any atom is -0.479 e. The summed E-state index contributed by atoms with van der Waals surface area (Å²) in [6.07, 6.45) is 4.68. The van der Waals surface area contributed by atoms with Gasteiger partial charge < -0.3 is 15.2 Å². The molecule has 2 N–H and O–H groups in total. The summed E-state index contributed by atoms with van der Waals surface area (Å²) in [6.45, 7) is 4.51. The molecule has 2 fully saturated rings. The summed E-state index contributed by atoms with van der Waals surface area (Å²) in [6, 6.07) is 0. The van der Waals surface area contributed by atoms with Crippen LogP contribution in [0.2, 0.25) is 0 Å². The Morgan fingerprint density at radius 3 is 2.70 bits per heavy atom. The first kappa shape index (κ1) is 15.3. The highest BCUT2D eigenvalue weighted by molar-refractivity contribution is 5.88. The second kappa shape index (κ2) is 6.12. The van der Waals surface area contributed by atoms with Crippen LogP contribution in [-0.2, 0) is 14.3 Å². The number of carbonyl (C=O) groups is 2. The van der Waals surface area contributed by atoms with Gasteiger partial charge >= 0.3 is 5.97 Å². The van der Waals surface area contributed by atoms with Crippen molar-refractivity contribution in [2.75, 3.05) is 6.61 Å². The molecule has 114 valence electrons. The number of hydrogen-bond acceptors (Lipinski definition) is 3. The van der Waals surface area contributed by atoms with Crippen LogP contribution >= 0.6 is 0 Å². The fraction of sp³-hybridized carbons (Fsp3) is 0.867. The van der Waals surface area contributed by atoms with E-state index in [1.54, 1.807) is 0 Å². The number of nitrogens with one attached hydrogen (secondary N) is 1. The zero-order chi connectivity index (χ0) is 14.8. The predicted octanol–water partition coefficient (Wildman–Crippen LogP) is 1.95. The Morgan fingerprint density at radius 1 is 1.35 bits per heavy atom. The molecular formula is C15H25NO4. The number of hydrogen-bond donors (Lipinski definition) is 2. The summed E-state index contributed by atoms with van der Waals surface area (Å²) in [4.78, 5) is 24.2. The van der Waals surface area contributed by atoms with E-state index >= 15 is 0 Å². The van der Waals surface area contributed by atoms with Gasteiger partial charge in [-0.05, 0) is 31.6 Å². The summed E-state index contributed by atoms with van der Waals surface area (Å²) in [5.74, 6) is -1.28. The van der Waals surface area contributed by atoms with Crippen LogP contribution in [0.5, 0.6) is 0 Å². The Kier molecular flexibility index (Phi) is 4.68. The van der Waals surface area contributed by atoms with E-state index in [1.165, 1.54) is 0 Å². The number of carbonyl (C=O) groups excluding carboxylic acids is 1. The maximum Gasteiger partial charge on any atom is 0.329 e. The van der Waals surface area contributed by atoms with Crippen molar-refractivity contribution in [2.45, 2.75) is 64.0 Å². The molecule has 5 heteroatoms. The first-order valence-corrected chi connectivity index (χ1v) is 7.68. The quantitative estimate of drug-likeness (QED) is 0.827. The number of amides is 1. The van der Waals surface area contributed by atoms with E-state index in [0.717, 1.165) is 25.7 Å². The van der Waals surface area contributed by atoms with E-state index in [9.17, 15) is 14.7 Å². The summed E-state index contributed by atoms with van der Waals surface area (Å²) in [5.41, 5.74) is -1.09. The highest BCUT2D eigenvalue weighted by Gasteiger charge is 2.48. The number of aliphatic carboxylic acids is 1. The molecule has 1 aliphatic heterocycles. The van der Waals surface area contributed by atoms with Crippen LogP contribution in [-0.4, -0.2) is 35.2 Å². The van der Waals surface area contributed by atoms with E-state index in [4.69, 9.17) is 4.74 Å². The van der Waals surface area contributed by atoms with Crippen molar-refractivity contribution in [1.29, 1.82) is 0 Å². The van der Waals surface area contributed by atoms with Crippen LogP contribution in [0.4, 0.5) is 0 Å². The maximum atomic E-state index is 12.5. The van der Waals surface area contributed by atoms with Gasteiger partial charge in [0.2, 0.25) is 5.91 Å². The largest absolute Gasteiger partial charge is 0.479 e. The summed E-state index contributed by atoms with van der Waals surface area (Å²) >= 11 is 0. The van der Waals surface area contributed by atoms with Crippen molar-refractivity contribution in [2.24, 2.45) is 11.8 Å². The molecule has 0 bridgehead atoms. The van der Waals surface area contributed by atoms with Gasteiger partial charge in [-0.1, -0.05) is 26.7 Å². The molecule has 4 unspecified atom stereocenters. The molecule has 4 atom stereocenters. The Morgan fingerprint density at radius 2 is 2.10 bits per heavy atom. The van der Waals surface area contributed by atoms with Crippen molar-refractivity contribution in [3.8, 4) is 0 Å². The van der Waals surface area contributed by atoms with Gasteiger partial charge in [-0.15, -0.1) is 0 Å². The Balaban J connectivity index is 2.12. The normalized spacial score (nSPS) is 37.6. The lowest BCUT2D eigenvalue weighted by Gasteiger charge is -2.40.